The monoisotopic (exact) mass is 460 g/mol. The molecule has 180 valence electrons. The van der Waals surface area contributed by atoms with Gasteiger partial charge in [0.05, 0.1) is 0 Å². The minimum Gasteiger partial charge on any atom is -0.508 e. The maximum Gasteiger partial charge on any atom is 0.251 e. The molecule has 0 unspecified atom stereocenters. The van der Waals surface area contributed by atoms with Gasteiger partial charge < -0.3 is 21.5 Å². The molecule has 0 spiro atoms. The number of nitrogen functional groups attached to an aromatic ring is 1. The van der Waals surface area contributed by atoms with Crippen LogP contribution in [0.15, 0.2) is 54.7 Å². The van der Waals surface area contributed by atoms with E-state index in [0.29, 0.717) is 23.7 Å². The SMILES string of the molecule is Cc1c(O)ccc(CCNC(=O)c2cccc(CC(C)(C)NCCc3ccc(N)nc3)c2)c1C. The van der Waals surface area contributed by atoms with Crippen molar-refractivity contribution in [2.45, 2.75) is 52.5 Å². The Morgan fingerprint density at radius 1 is 1.00 bits per heavy atom. The summed E-state index contributed by atoms with van der Waals surface area (Å²) in [5, 5.41) is 16.5. The van der Waals surface area contributed by atoms with Gasteiger partial charge in [0, 0.05) is 23.8 Å². The van der Waals surface area contributed by atoms with Gasteiger partial charge in [-0.2, -0.15) is 0 Å². The maximum absolute atomic E-state index is 12.7. The number of aromatic nitrogens is 1. The Morgan fingerprint density at radius 3 is 2.53 bits per heavy atom. The molecule has 0 fully saturated rings. The fourth-order valence-electron chi connectivity index (χ4n) is 4.07. The van der Waals surface area contributed by atoms with Crippen LogP contribution >= 0.6 is 0 Å². The zero-order valence-corrected chi connectivity index (χ0v) is 20.6. The van der Waals surface area contributed by atoms with E-state index in [1.807, 2.05) is 56.4 Å². The van der Waals surface area contributed by atoms with Crippen molar-refractivity contribution in [3.8, 4) is 5.75 Å². The Balaban J connectivity index is 1.51. The standard InChI is InChI=1S/C28H36N4O2/c1-19-20(2)25(33)10-9-23(19)13-14-30-27(34)24-7-5-6-22(16-24)17-28(3,4)32-15-12-21-8-11-26(29)31-18-21/h5-11,16,18,32-33H,12-15,17H2,1-4H3,(H2,29,31)(H,30,34). The van der Waals surface area contributed by atoms with Gasteiger partial charge in [0.1, 0.15) is 11.6 Å². The molecule has 0 bridgehead atoms. The second-order valence-electron chi connectivity index (χ2n) is 9.53. The second-order valence-corrected chi connectivity index (χ2v) is 9.53. The number of phenolic OH excluding ortho intramolecular Hbond substituents is 1. The first-order valence-electron chi connectivity index (χ1n) is 11.8. The first kappa shape index (κ1) is 25.2. The molecule has 6 heteroatoms. The highest BCUT2D eigenvalue weighted by Gasteiger charge is 2.18. The van der Waals surface area contributed by atoms with Crippen molar-refractivity contribution in [1.82, 2.24) is 15.6 Å². The predicted octanol–water partition coefficient (Wildman–Crippen LogP) is 4.11. The molecule has 5 N–H and O–H groups in total. The summed E-state index contributed by atoms with van der Waals surface area (Å²) in [7, 11) is 0. The molecule has 0 aliphatic carbocycles. The summed E-state index contributed by atoms with van der Waals surface area (Å²) in [4.78, 5) is 16.9. The Hall–Kier alpha value is -3.38. The molecule has 1 amide bonds. The fraction of sp³-hybridized carbons (Fsp3) is 0.357. The van der Waals surface area contributed by atoms with Crippen molar-refractivity contribution in [3.05, 3.63) is 88.1 Å². The normalized spacial score (nSPS) is 11.4. The van der Waals surface area contributed by atoms with E-state index in [2.05, 4.69) is 35.5 Å². The van der Waals surface area contributed by atoms with Crippen molar-refractivity contribution in [2.75, 3.05) is 18.8 Å². The van der Waals surface area contributed by atoms with Crippen LogP contribution in [-0.2, 0) is 19.3 Å². The Kier molecular flexibility index (Phi) is 8.29. The molecule has 3 rings (SSSR count). The molecule has 0 atom stereocenters. The Bertz CT molecular complexity index is 1120. The van der Waals surface area contributed by atoms with Crippen molar-refractivity contribution < 1.29 is 9.90 Å². The van der Waals surface area contributed by atoms with Gasteiger partial charge in [0.15, 0.2) is 0 Å². The minimum atomic E-state index is -0.120. The van der Waals surface area contributed by atoms with Gasteiger partial charge in [-0.1, -0.05) is 24.3 Å². The first-order chi connectivity index (χ1) is 16.1. The van der Waals surface area contributed by atoms with Crippen LogP contribution in [0.3, 0.4) is 0 Å². The van der Waals surface area contributed by atoms with E-state index in [0.717, 1.165) is 53.6 Å². The molecule has 1 aromatic heterocycles. The topological polar surface area (TPSA) is 100 Å². The van der Waals surface area contributed by atoms with E-state index in [1.165, 1.54) is 0 Å². The van der Waals surface area contributed by atoms with Crippen LogP contribution in [0.5, 0.6) is 5.75 Å². The Labute approximate surface area is 202 Å². The third-order valence-corrected chi connectivity index (χ3v) is 6.25. The fourth-order valence-corrected chi connectivity index (χ4v) is 4.07. The van der Waals surface area contributed by atoms with Gasteiger partial charge in [-0.3, -0.25) is 4.79 Å². The average Bonchev–Trinajstić information content (AvgIpc) is 2.80. The third kappa shape index (κ3) is 7.06. The van der Waals surface area contributed by atoms with Crippen LogP contribution in [0.1, 0.15) is 52.0 Å². The summed E-state index contributed by atoms with van der Waals surface area (Å²) in [6.45, 7) is 9.61. The molecule has 0 radical (unpaired) electrons. The molecular weight excluding hydrogens is 424 g/mol. The highest BCUT2D eigenvalue weighted by atomic mass is 16.3. The lowest BCUT2D eigenvalue weighted by molar-refractivity contribution is 0.0954. The number of aromatic hydroxyl groups is 1. The van der Waals surface area contributed by atoms with Crippen molar-refractivity contribution in [1.29, 1.82) is 0 Å². The molecule has 2 aromatic carbocycles. The number of rotatable bonds is 10. The van der Waals surface area contributed by atoms with E-state index < -0.39 is 0 Å². The maximum atomic E-state index is 12.7. The van der Waals surface area contributed by atoms with Gasteiger partial charge in [-0.15, -0.1) is 0 Å². The van der Waals surface area contributed by atoms with Gasteiger partial charge in [-0.05, 0) is 106 Å². The first-order valence-corrected chi connectivity index (χ1v) is 11.8. The van der Waals surface area contributed by atoms with Crippen LogP contribution in [0.2, 0.25) is 0 Å². The number of anilines is 1. The highest BCUT2D eigenvalue weighted by Crippen LogP contribution is 2.23. The van der Waals surface area contributed by atoms with E-state index in [1.54, 1.807) is 6.07 Å². The van der Waals surface area contributed by atoms with E-state index >= 15 is 0 Å². The smallest absolute Gasteiger partial charge is 0.251 e. The van der Waals surface area contributed by atoms with Gasteiger partial charge >= 0.3 is 0 Å². The zero-order chi connectivity index (χ0) is 24.7. The number of amides is 1. The molecule has 1 heterocycles. The number of hydrogen-bond acceptors (Lipinski definition) is 5. The number of benzene rings is 2. The number of pyridine rings is 1. The van der Waals surface area contributed by atoms with Crippen LogP contribution in [0.4, 0.5) is 5.82 Å². The molecule has 0 aliphatic heterocycles. The summed E-state index contributed by atoms with van der Waals surface area (Å²) >= 11 is 0. The van der Waals surface area contributed by atoms with Crippen LogP contribution < -0.4 is 16.4 Å². The van der Waals surface area contributed by atoms with Gasteiger partial charge in [-0.25, -0.2) is 4.98 Å². The summed E-state index contributed by atoms with van der Waals surface area (Å²) in [6.07, 6.45) is 4.22. The summed E-state index contributed by atoms with van der Waals surface area (Å²) in [5.74, 6) is 0.768. The van der Waals surface area contributed by atoms with Crippen molar-refractivity contribution in [3.63, 3.8) is 0 Å². The lowest BCUT2D eigenvalue weighted by atomic mass is 9.93. The minimum absolute atomic E-state index is 0.0726. The molecule has 3 aromatic rings. The summed E-state index contributed by atoms with van der Waals surface area (Å²) in [5.41, 5.74) is 11.5. The van der Waals surface area contributed by atoms with Crippen LogP contribution in [0.25, 0.3) is 0 Å². The van der Waals surface area contributed by atoms with Crippen molar-refractivity contribution >= 4 is 11.7 Å². The molecule has 0 saturated heterocycles. The van der Waals surface area contributed by atoms with Gasteiger partial charge in [0.25, 0.3) is 5.91 Å². The largest absolute Gasteiger partial charge is 0.508 e. The van der Waals surface area contributed by atoms with E-state index in [-0.39, 0.29) is 11.4 Å². The number of carbonyl (C=O) groups is 1. The number of hydrogen-bond donors (Lipinski definition) is 4. The van der Waals surface area contributed by atoms with Gasteiger partial charge in [0.2, 0.25) is 0 Å². The van der Waals surface area contributed by atoms with Crippen molar-refractivity contribution in [2.24, 2.45) is 0 Å². The summed E-state index contributed by atoms with van der Waals surface area (Å²) < 4.78 is 0. The molecular formula is C28H36N4O2. The second kappa shape index (κ2) is 11.2. The lowest BCUT2D eigenvalue weighted by Gasteiger charge is -2.27. The number of nitrogens with one attached hydrogen (secondary N) is 2. The average molecular weight is 461 g/mol. The number of phenols is 1. The molecule has 0 aliphatic rings. The quantitative estimate of drug-likeness (QED) is 0.365. The molecule has 0 saturated carbocycles. The number of carbonyl (C=O) groups excluding carboxylic acids is 1. The van der Waals surface area contributed by atoms with E-state index in [9.17, 15) is 9.90 Å². The Morgan fingerprint density at radius 2 is 1.79 bits per heavy atom. The zero-order valence-electron chi connectivity index (χ0n) is 20.6. The van der Waals surface area contributed by atoms with E-state index in [4.69, 9.17) is 5.73 Å². The predicted molar refractivity (Wildman–Crippen MR) is 138 cm³/mol. The molecule has 34 heavy (non-hydrogen) atoms. The third-order valence-electron chi connectivity index (χ3n) is 6.25. The highest BCUT2D eigenvalue weighted by molar-refractivity contribution is 5.94. The lowest BCUT2D eigenvalue weighted by Crippen LogP contribution is -2.42. The summed E-state index contributed by atoms with van der Waals surface area (Å²) in [6, 6.07) is 15.3. The number of nitrogens with two attached hydrogens (primary N) is 1. The van der Waals surface area contributed by atoms with Crippen LogP contribution in [0, 0.1) is 13.8 Å². The number of nitrogens with zero attached hydrogens (tertiary/aromatic N) is 1. The molecule has 6 nitrogen and oxygen atoms in total. The van der Waals surface area contributed by atoms with Crippen LogP contribution in [-0.4, -0.2) is 34.6 Å².